The summed E-state index contributed by atoms with van der Waals surface area (Å²) in [6, 6.07) is 10.5. The molecule has 1 aromatic heterocycles. The second kappa shape index (κ2) is 10.4. The number of aliphatic imine (C=N–C) groups is 1. The molecule has 0 fully saturated rings. The van der Waals surface area contributed by atoms with E-state index in [4.69, 9.17) is 4.99 Å². The SMILES string of the molecule is CCNC(=NCC(C)c1ccccc1)NCCCCn1cnnc1. The molecule has 1 aromatic carbocycles. The molecule has 0 aliphatic heterocycles. The zero-order chi connectivity index (χ0) is 17.0. The molecule has 0 bridgehead atoms. The van der Waals surface area contributed by atoms with Gasteiger partial charge in [0.1, 0.15) is 12.7 Å². The number of nitrogens with zero attached hydrogens (tertiary/aromatic N) is 4. The first-order chi connectivity index (χ1) is 11.8. The molecule has 1 unspecified atom stereocenters. The predicted octanol–water partition coefficient (Wildman–Crippen LogP) is 2.42. The molecule has 0 saturated carbocycles. The number of nitrogens with one attached hydrogen (secondary N) is 2. The lowest BCUT2D eigenvalue weighted by atomic mass is 10.0. The van der Waals surface area contributed by atoms with Crippen LogP contribution in [-0.4, -0.2) is 40.4 Å². The molecule has 0 spiro atoms. The molecule has 6 nitrogen and oxygen atoms in total. The zero-order valence-corrected chi connectivity index (χ0v) is 14.7. The van der Waals surface area contributed by atoms with Crippen LogP contribution in [0.2, 0.25) is 0 Å². The molecule has 2 aromatic rings. The summed E-state index contributed by atoms with van der Waals surface area (Å²) in [7, 11) is 0. The van der Waals surface area contributed by atoms with Crippen molar-refractivity contribution in [1.29, 1.82) is 0 Å². The monoisotopic (exact) mass is 328 g/mol. The maximum Gasteiger partial charge on any atom is 0.191 e. The van der Waals surface area contributed by atoms with Gasteiger partial charge < -0.3 is 15.2 Å². The summed E-state index contributed by atoms with van der Waals surface area (Å²) in [5.74, 6) is 1.31. The summed E-state index contributed by atoms with van der Waals surface area (Å²) in [4.78, 5) is 4.71. The van der Waals surface area contributed by atoms with Crippen molar-refractivity contribution in [1.82, 2.24) is 25.4 Å². The van der Waals surface area contributed by atoms with Crippen molar-refractivity contribution in [2.24, 2.45) is 4.99 Å². The lowest BCUT2D eigenvalue weighted by molar-refractivity contribution is 0.597. The van der Waals surface area contributed by atoms with Gasteiger partial charge in [-0.05, 0) is 25.3 Å². The third-order valence-electron chi connectivity index (χ3n) is 3.84. The molecule has 130 valence electrons. The van der Waals surface area contributed by atoms with Crippen LogP contribution in [0.3, 0.4) is 0 Å². The minimum Gasteiger partial charge on any atom is -0.357 e. The number of aryl methyl sites for hydroxylation is 1. The van der Waals surface area contributed by atoms with Gasteiger partial charge in [-0.2, -0.15) is 0 Å². The van der Waals surface area contributed by atoms with E-state index in [1.54, 1.807) is 12.7 Å². The Morgan fingerprint density at radius 1 is 1.12 bits per heavy atom. The van der Waals surface area contributed by atoms with Crippen LogP contribution in [0.5, 0.6) is 0 Å². The fourth-order valence-corrected chi connectivity index (χ4v) is 2.42. The summed E-state index contributed by atoms with van der Waals surface area (Å²) in [5, 5.41) is 14.3. The molecule has 0 aliphatic rings. The minimum atomic E-state index is 0.412. The van der Waals surface area contributed by atoms with Gasteiger partial charge >= 0.3 is 0 Å². The van der Waals surface area contributed by atoms with Crippen LogP contribution in [0.1, 0.15) is 38.2 Å². The van der Waals surface area contributed by atoms with Crippen molar-refractivity contribution in [3.63, 3.8) is 0 Å². The quantitative estimate of drug-likeness (QED) is 0.421. The molecule has 1 atom stereocenters. The van der Waals surface area contributed by atoms with Gasteiger partial charge in [0.2, 0.25) is 0 Å². The van der Waals surface area contributed by atoms with Gasteiger partial charge in [-0.3, -0.25) is 4.99 Å². The van der Waals surface area contributed by atoms with Crippen molar-refractivity contribution in [3.8, 4) is 0 Å². The molecular formula is C18H28N6. The topological polar surface area (TPSA) is 67.1 Å². The highest BCUT2D eigenvalue weighted by Crippen LogP contribution is 2.14. The third kappa shape index (κ3) is 6.40. The second-order valence-electron chi connectivity index (χ2n) is 5.86. The van der Waals surface area contributed by atoms with Gasteiger partial charge in [0.15, 0.2) is 5.96 Å². The Kier molecular flexibility index (Phi) is 7.80. The van der Waals surface area contributed by atoms with Crippen LogP contribution < -0.4 is 10.6 Å². The van der Waals surface area contributed by atoms with E-state index in [9.17, 15) is 0 Å². The third-order valence-corrected chi connectivity index (χ3v) is 3.84. The Morgan fingerprint density at radius 2 is 1.88 bits per heavy atom. The Hall–Kier alpha value is -2.37. The molecular weight excluding hydrogens is 300 g/mol. The van der Waals surface area contributed by atoms with E-state index in [2.05, 4.69) is 58.9 Å². The summed E-state index contributed by atoms with van der Waals surface area (Å²) < 4.78 is 2.00. The van der Waals surface area contributed by atoms with E-state index in [1.165, 1.54) is 5.56 Å². The first kappa shape index (κ1) is 18.0. The molecule has 0 radical (unpaired) electrons. The van der Waals surface area contributed by atoms with E-state index >= 15 is 0 Å². The summed E-state index contributed by atoms with van der Waals surface area (Å²) in [6.07, 6.45) is 5.68. The number of guanidine groups is 1. The lowest BCUT2D eigenvalue weighted by Gasteiger charge is -2.13. The van der Waals surface area contributed by atoms with E-state index in [1.807, 2.05) is 10.6 Å². The van der Waals surface area contributed by atoms with Crippen molar-refractivity contribution in [3.05, 3.63) is 48.5 Å². The molecule has 6 heteroatoms. The predicted molar refractivity (Wildman–Crippen MR) is 98.1 cm³/mol. The first-order valence-corrected chi connectivity index (χ1v) is 8.69. The zero-order valence-electron chi connectivity index (χ0n) is 14.7. The molecule has 0 amide bonds. The molecule has 1 heterocycles. The largest absolute Gasteiger partial charge is 0.357 e. The van der Waals surface area contributed by atoms with Crippen molar-refractivity contribution >= 4 is 5.96 Å². The summed E-state index contributed by atoms with van der Waals surface area (Å²) in [6.45, 7) is 7.80. The van der Waals surface area contributed by atoms with E-state index in [0.29, 0.717) is 5.92 Å². The summed E-state index contributed by atoms with van der Waals surface area (Å²) >= 11 is 0. The number of aromatic nitrogens is 3. The van der Waals surface area contributed by atoms with E-state index < -0.39 is 0 Å². The fourth-order valence-electron chi connectivity index (χ4n) is 2.42. The number of unbranched alkanes of at least 4 members (excludes halogenated alkanes) is 1. The maximum absolute atomic E-state index is 4.71. The number of rotatable bonds is 9. The Morgan fingerprint density at radius 3 is 2.58 bits per heavy atom. The number of benzene rings is 1. The standard InChI is InChI=1S/C18H28N6/c1-3-19-18(20-11-7-8-12-24-14-22-23-15-24)21-13-16(2)17-9-5-4-6-10-17/h4-6,9-10,14-16H,3,7-8,11-13H2,1-2H3,(H2,19,20,21). The van der Waals surface area contributed by atoms with Crippen LogP contribution in [0.15, 0.2) is 48.0 Å². The van der Waals surface area contributed by atoms with Crippen LogP contribution in [0.4, 0.5) is 0 Å². The van der Waals surface area contributed by atoms with E-state index in [-0.39, 0.29) is 0 Å². The Labute approximate surface area is 144 Å². The van der Waals surface area contributed by atoms with Gasteiger partial charge in [-0.15, -0.1) is 10.2 Å². The normalized spacial score (nSPS) is 12.8. The fraction of sp³-hybridized carbons (Fsp3) is 0.500. The first-order valence-electron chi connectivity index (χ1n) is 8.69. The van der Waals surface area contributed by atoms with Crippen LogP contribution in [-0.2, 0) is 6.54 Å². The average molecular weight is 328 g/mol. The van der Waals surface area contributed by atoms with E-state index in [0.717, 1.165) is 45.0 Å². The highest BCUT2D eigenvalue weighted by Gasteiger charge is 2.04. The number of hydrogen-bond acceptors (Lipinski definition) is 3. The molecule has 2 rings (SSSR count). The van der Waals surface area contributed by atoms with Crippen molar-refractivity contribution in [2.75, 3.05) is 19.6 Å². The number of hydrogen-bond donors (Lipinski definition) is 2. The Bertz CT molecular complexity index is 579. The summed E-state index contributed by atoms with van der Waals surface area (Å²) in [5.41, 5.74) is 1.33. The van der Waals surface area contributed by atoms with Gasteiger partial charge in [0.05, 0.1) is 0 Å². The average Bonchev–Trinajstić information content (AvgIpc) is 3.13. The maximum atomic E-state index is 4.71. The van der Waals surface area contributed by atoms with Crippen LogP contribution in [0.25, 0.3) is 0 Å². The van der Waals surface area contributed by atoms with Crippen molar-refractivity contribution < 1.29 is 0 Å². The lowest BCUT2D eigenvalue weighted by Crippen LogP contribution is -2.38. The van der Waals surface area contributed by atoms with Crippen LogP contribution in [0, 0.1) is 0 Å². The molecule has 24 heavy (non-hydrogen) atoms. The van der Waals surface area contributed by atoms with Gasteiger partial charge in [0.25, 0.3) is 0 Å². The van der Waals surface area contributed by atoms with Gasteiger partial charge in [-0.25, -0.2) is 0 Å². The second-order valence-corrected chi connectivity index (χ2v) is 5.86. The molecule has 2 N–H and O–H groups in total. The van der Waals surface area contributed by atoms with Crippen LogP contribution >= 0.6 is 0 Å². The highest BCUT2D eigenvalue weighted by atomic mass is 15.2. The smallest absolute Gasteiger partial charge is 0.191 e. The minimum absolute atomic E-state index is 0.412. The van der Waals surface area contributed by atoms with Gasteiger partial charge in [0, 0.05) is 32.1 Å². The molecule has 0 aliphatic carbocycles. The molecule has 0 saturated heterocycles. The Balaban J connectivity index is 1.71. The highest BCUT2D eigenvalue weighted by molar-refractivity contribution is 5.79. The van der Waals surface area contributed by atoms with Crippen molar-refractivity contribution in [2.45, 2.75) is 39.2 Å². The van der Waals surface area contributed by atoms with Gasteiger partial charge in [-0.1, -0.05) is 37.3 Å².